The molecule has 1 unspecified atom stereocenters. The highest BCUT2D eigenvalue weighted by Gasteiger charge is 2.35. The summed E-state index contributed by atoms with van der Waals surface area (Å²) in [4.78, 5) is 4.53. The average Bonchev–Trinajstić information content (AvgIpc) is 2.85. The lowest BCUT2D eigenvalue weighted by Gasteiger charge is -2.17. The average molecular weight is 286 g/mol. The number of rotatable bonds is 3. The molecule has 0 aliphatic heterocycles. The van der Waals surface area contributed by atoms with Crippen LogP contribution in [0.5, 0.6) is 0 Å². The first-order valence-electron chi connectivity index (χ1n) is 5.78. The molecule has 1 atom stereocenters. The van der Waals surface area contributed by atoms with Crippen LogP contribution in [0.15, 0.2) is 29.9 Å². The Morgan fingerprint density at radius 1 is 1.37 bits per heavy atom. The Hall–Kier alpha value is -1.40. The van der Waals surface area contributed by atoms with E-state index in [1.807, 2.05) is 18.4 Å². The molecule has 0 aliphatic carbocycles. The van der Waals surface area contributed by atoms with Gasteiger partial charge in [-0.05, 0) is 29.5 Å². The molecule has 2 aromatic rings. The van der Waals surface area contributed by atoms with Gasteiger partial charge in [0.1, 0.15) is 0 Å². The first kappa shape index (κ1) is 14.0. The number of nitrogens with two attached hydrogens (primary N) is 1. The molecule has 2 nitrogen and oxygen atoms in total. The van der Waals surface area contributed by atoms with Gasteiger partial charge >= 0.3 is 6.18 Å². The van der Waals surface area contributed by atoms with E-state index in [4.69, 9.17) is 5.73 Å². The third-order valence-corrected chi connectivity index (χ3v) is 3.98. The van der Waals surface area contributed by atoms with Crippen LogP contribution < -0.4 is 5.73 Å². The summed E-state index contributed by atoms with van der Waals surface area (Å²) in [5, 5.41) is 1.84. The van der Waals surface area contributed by atoms with E-state index >= 15 is 0 Å². The second-order valence-electron chi connectivity index (χ2n) is 4.10. The lowest BCUT2D eigenvalue weighted by Crippen LogP contribution is -2.18. The zero-order valence-corrected chi connectivity index (χ0v) is 11.1. The first-order valence-corrected chi connectivity index (χ1v) is 6.66. The molecule has 102 valence electrons. The van der Waals surface area contributed by atoms with Gasteiger partial charge in [-0.3, -0.25) is 4.98 Å². The maximum absolute atomic E-state index is 13.0. The van der Waals surface area contributed by atoms with Crippen LogP contribution in [0.3, 0.4) is 0 Å². The van der Waals surface area contributed by atoms with Crippen LogP contribution in [-0.2, 0) is 12.6 Å². The zero-order valence-electron chi connectivity index (χ0n) is 10.2. The van der Waals surface area contributed by atoms with Crippen molar-refractivity contribution in [3.63, 3.8) is 0 Å². The molecule has 0 spiro atoms. The summed E-state index contributed by atoms with van der Waals surface area (Å²) in [5.74, 6) is 0. The molecule has 0 radical (unpaired) electrons. The van der Waals surface area contributed by atoms with Gasteiger partial charge < -0.3 is 5.73 Å². The van der Waals surface area contributed by atoms with Crippen molar-refractivity contribution in [3.8, 4) is 0 Å². The normalized spacial score (nSPS) is 13.5. The summed E-state index contributed by atoms with van der Waals surface area (Å²) >= 11 is 1.38. The third kappa shape index (κ3) is 2.79. The summed E-state index contributed by atoms with van der Waals surface area (Å²) in [6, 6.07) is 2.07. The van der Waals surface area contributed by atoms with Crippen molar-refractivity contribution in [2.45, 2.75) is 25.6 Å². The smallest absolute Gasteiger partial charge is 0.320 e. The highest BCUT2D eigenvalue weighted by Crippen LogP contribution is 2.37. The number of hydrogen-bond acceptors (Lipinski definition) is 3. The standard InChI is InChI=1S/C13H13F3N2S/c1-2-8-4-6-19-12(8)11(17)9-7-18-5-3-10(9)13(14,15)16/h3-7,11H,2,17H2,1H3. The molecule has 2 heterocycles. The van der Waals surface area contributed by atoms with Crippen molar-refractivity contribution in [3.05, 3.63) is 51.5 Å². The molecule has 0 aromatic carbocycles. The molecular formula is C13H13F3N2S. The van der Waals surface area contributed by atoms with Crippen molar-refractivity contribution in [2.75, 3.05) is 0 Å². The first-order chi connectivity index (χ1) is 8.95. The molecular weight excluding hydrogens is 273 g/mol. The predicted molar refractivity (Wildman–Crippen MR) is 69.0 cm³/mol. The van der Waals surface area contributed by atoms with Crippen LogP contribution in [0.2, 0.25) is 0 Å². The fourth-order valence-corrected chi connectivity index (χ4v) is 2.98. The van der Waals surface area contributed by atoms with Crippen molar-refractivity contribution in [1.29, 1.82) is 0 Å². The van der Waals surface area contributed by atoms with Crippen LogP contribution >= 0.6 is 11.3 Å². The molecule has 6 heteroatoms. The molecule has 2 aromatic heterocycles. The van der Waals surface area contributed by atoms with Crippen LogP contribution in [0.25, 0.3) is 0 Å². The second-order valence-corrected chi connectivity index (χ2v) is 5.05. The molecule has 0 aliphatic rings. The van der Waals surface area contributed by atoms with Crippen molar-refractivity contribution < 1.29 is 13.2 Å². The molecule has 0 saturated heterocycles. The lowest BCUT2D eigenvalue weighted by molar-refractivity contribution is -0.138. The minimum absolute atomic E-state index is 0.0205. The zero-order chi connectivity index (χ0) is 14.0. The van der Waals surface area contributed by atoms with Crippen molar-refractivity contribution in [2.24, 2.45) is 5.73 Å². The van der Waals surface area contributed by atoms with E-state index in [1.54, 1.807) is 0 Å². The minimum Gasteiger partial charge on any atom is -0.320 e. The van der Waals surface area contributed by atoms with Crippen LogP contribution in [0.1, 0.15) is 34.5 Å². The van der Waals surface area contributed by atoms with Gasteiger partial charge in [0.15, 0.2) is 0 Å². The lowest BCUT2D eigenvalue weighted by atomic mass is 9.99. The quantitative estimate of drug-likeness (QED) is 0.932. The molecule has 0 fully saturated rings. The molecule has 2 rings (SSSR count). The van der Waals surface area contributed by atoms with Crippen LogP contribution in [-0.4, -0.2) is 4.98 Å². The number of aryl methyl sites for hydroxylation is 1. The van der Waals surface area contributed by atoms with Gasteiger partial charge in [0.25, 0.3) is 0 Å². The maximum atomic E-state index is 13.0. The predicted octanol–water partition coefficient (Wildman–Crippen LogP) is 3.77. The Bertz CT molecular complexity index is 563. The Morgan fingerprint density at radius 2 is 2.11 bits per heavy atom. The van der Waals surface area contributed by atoms with Crippen LogP contribution in [0.4, 0.5) is 13.2 Å². The van der Waals surface area contributed by atoms with E-state index in [0.717, 1.165) is 29.1 Å². The maximum Gasteiger partial charge on any atom is 0.416 e. The number of pyridine rings is 1. The molecule has 0 bridgehead atoms. The SMILES string of the molecule is CCc1ccsc1C(N)c1cnccc1C(F)(F)F. The van der Waals surface area contributed by atoms with E-state index in [-0.39, 0.29) is 5.56 Å². The summed E-state index contributed by atoms with van der Waals surface area (Å²) < 4.78 is 38.9. The molecule has 0 amide bonds. The molecule has 2 N–H and O–H groups in total. The number of hydrogen-bond donors (Lipinski definition) is 1. The monoisotopic (exact) mass is 286 g/mol. The van der Waals surface area contributed by atoms with E-state index in [1.165, 1.54) is 17.5 Å². The largest absolute Gasteiger partial charge is 0.416 e. The molecule has 19 heavy (non-hydrogen) atoms. The topological polar surface area (TPSA) is 38.9 Å². The fourth-order valence-electron chi connectivity index (χ4n) is 1.97. The Balaban J connectivity index is 2.48. The fraction of sp³-hybridized carbons (Fsp3) is 0.308. The number of alkyl halides is 3. The summed E-state index contributed by atoms with van der Waals surface area (Å²) in [5.41, 5.74) is 6.29. The molecule has 0 saturated carbocycles. The van der Waals surface area contributed by atoms with Gasteiger partial charge in [-0.15, -0.1) is 11.3 Å². The Labute approximate surface area is 113 Å². The van der Waals surface area contributed by atoms with Gasteiger partial charge in [0, 0.05) is 22.8 Å². The van der Waals surface area contributed by atoms with E-state index in [0.29, 0.717) is 0 Å². The Morgan fingerprint density at radius 3 is 2.74 bits per heavy atom. The second kappa shape index (κ2) is 5.30. The van der Waals surface area contributed by atoms with Crippen molar-refractivity contribution in [1.82, 2.24) is 4.98 Å². The number of nitrogens with zero attached hydrogens (tertiary/aromatic N) is 1. The van der Waals surface area contributed by atoms with Gasteiger partial charge in [0.2, 0.25) is 0 Å². The number of thiophene rings is 1. The highest BCUT2D eigenvalue weighted by atomic mass is 32.1. The number of halogens is 3. The van der Waals surface area contributed by atoms with Crippen molar-refractivity contribution >= 4 is 11.3 Å². The van der Waals surface area contributed by atoms with E-state index in [2.05, 4.69) is 4.98 Å². The van der Waals surface area contributed by atoms with Gasteiger partial charge in [-0.25, -0.2) is 0 Å². The minimum atomic E-state index is -4.42. The van der Waals surface area contributed by atoms with E-state index < -0.39 is 17.8 Å². The van der Waals surface area contributed by atoms with Gasteiger partial charge in [-0.1, -0.05) is 6.92 Å². The van der Waals surface area contributed by atoms with Gasteiger partial charge in [-0.2, -0.15) is 13.2 Å². The van der Waals surface area contributed by atoms with E-state index in [9.17, 15) is 13.2 Å². The summed E-state index contributed by atoms with van der Waals surface area (Å²) in [6.07, 6.45) is -1.34. The Kier molecular flexibility index (Phi) is 3.91. The summed E-state index contributed by atoms with van der Waals surface area (Å²) in [7, 11) is 0. The van der Waals surface area contributed by atoms with Gasteiger partial charge in [0.05, 0.1) is 11.6 Å². The van der Waals surface area contributed by atoms with Crippen LogP contribution in [0, 0.1) is 0 Å². The summed E-state index contributed by atoms with van der Waals surface area (Å²) in [6.45, 7) is 1.95. The highest BCUT2D eigenvalue weighted by molar-refractivity contribution is 7.10. The number of aromatic nitrogens is 1. The third-order valence-electron chi connectivity index (χ3n) is 2.94.